The maximum Gasteiger partial charge on any atom is 0.137 e. The molecule has 2 aromatic heterocycles. The summed E-state index contributed by atoms with van der Waals surface area (Å²) in [7, 11) is 0. The van der Waals surface area contributed by atoms with Crippen LogP contribution in [0.2, 0.25) is 0 Å². The molecule has 0 saturated heterocycles. The van der Waals surface area contributed by atoms with E-state index in [9.17, 15) is 0 Å². The quantitative estimate of drug-likeness (QED) is 0.237. The van der Waals surface area contributed by atoms with E-state index in [1.807, 2.05) is 73.7 Å². The number of pyridine rings is 1. The fourth-order valence-electron chi connectivity index (χ4n) is 4.24. The van der Waals surface area contributed by atoms with Gasteiger partial charge in [0.1, 0.15) is 17.3 Å². The highest BCUT2D eigenvalue weighted by Gasteiger charge is 2.15. The van der Waals surface area contributed by atoms with Crippen molar-refractivity contribution >= 4 is 37.7 Å². The van der Waals surface area contributed by atoms with Crippen LogP contribution < -0.4 is 4.74 Å². The van der Waals surface area contributed by atoms with E-state index in [1.165, 1.54) is 0 Å². The summed E-state index contributed by atoms with van der Waals surface area (Å²) in [6.45, 7) is 1.86. The fraction of sp³-hybridized carbons (Fsp3) is 0.0333. The van der Waals surface area contributed by atoms with E-state index in [0.717, 1.165) is 31.8 Å². The van der Waals surface area contributed by atoms with E-state index in [2.05, 4.69) is 26.6 Å². The van der Waals surface area contributed by atoms with Crippen molar-refractivity contribution < 1.29 is 11.6 Å². The van der Waals surface area contributed by atoms with Gasteiger partial charge in [-0.05, 0) is 60.5 Å². The Bertz CT molecular complexity index is 1910. The Kier molecular flexibility index (Phi) is 3.95. The zero-order valence-electron chi connectivity index (χ0n) is 23.2. The largest absolute Gasteiger partial charge is 0.457 e. The lowest BCUT2D eigenvalue weighted by Gasteiger charge is -2.12. The van der Waals surface area contributed by atoms with Crippen molar-refractivity contribution in [2.75, 3.05) is 0 Å². The number of benzene rings is 4. The summed E-state index contributed by atoms with van der Waals surface area (Å²) >= 11 is 3.48. The molecule has 3 nitrogen and oxygen atoms in total. The second-order valence-corrected chi connectivity index (χ2v) is 8.86. The molecule has 0 radical (unpaired) electrons. The molecular formula is C30H21BrN2O. The van der Waals surface area contributed by atoms with Crippen molar-refractivity contribution in [2.45, 2.75) is 6.92 Å². The summed E-state index contributed by atoms with van der Waals surface area (Å²) in [5, 5.41) is 2.11. The topological polar surface area (TPSA) is 27.1 Å². The van der Waals surface area contributed by atoms with Crippen molar-refractivity contribution in [1.82, 2.24) is 9.55 Å². The van der Waals surface area contributed by atoms with Crippen LogP contribution in [-0.2, 0) is 0 Å². The highest BCUT2D eigenvalue weighted by molar-refractivity contribution is 9.10. The van der Waals surface area contributed by atoms with E-state index in [1.54, 1.807) is 6.20 Å². The van der Waals surface area contributed by atoms with Gasteiger partial charge in [0.15, 0.2) is 0 Å². The Morgan fingerprint density at radius 1 is 0.824 bits per heavy atom. The highest BCUT2D eigenvalue weighted by atomic mass is 79.9. The zero-order chi connectivity index (χ0) is 27.4. The number of halogens is 1. The van der Waals surface area contributed by atoms with Gasteiger partial charge in [-0.15, -0.1) is 0 Å². The Morgan fingerprint density at radius 3 is 2.44 bits per heavy atom. The number of fused-ring (bicyclic) bond motifs is 3. The molecule has 0 atom stereocenters. The Hall–Kier alpha value is -3.89. The molecule has 0 amide bonds. The van der Waals surface area contributed by atoms with Gasteiger partial charge in [-0.3, -0.25) is 4.57 Å². The summed E-state index contributed by atoms with van der Waals surface area (Å²) in [6, 6.07) is 21.9. The van der Waals surface area contributed by atoms with Crippen molar-refractivity contribution in [3.63, 3.8) is 0 Å². The van der Waals surface area contributed by atoms with Crippen molar-refractivity contribution in [3.05, 3.63) is 119 Å². The fourth-order valence-corrected chi connectivity index (χ4v) is 4.62. The molecular weight excluding hydrogens is 484 g/mol. The molecule has 0 fully saturated rings. The van der Waals surface area contributed by atoms with Gasteiger partial charge in [-0.2, -0.15) is 0 Å². The summed E-state index contributed by atoms with van der Waals surface area (Å²) < 4.78 is 49.9. The van der Waals surface area contributed by atoms with Gasteiger partial charge in [0, 0.05) is 33.1 Å². The van der Waals surface area contributed by atoms with Crippen LogP contribution in [0, 0.1) is 6.92 Å². The Morgan fingerprint density at radius 2 is 1.62 bits per heavy atom. The number of ether oxygens (including phenoxy) is 1. The van der Waals surface area contributed by atoms with Crippen LogP contribution >= 0.6 is 15.9 Å². The molecule has 0 aliphatic carbocycles. The van der Waals surface area contributed by atoms with Gasteiger partial charge in [0.05, 0.1) is 17.9 Å². The second kappa shape index (κ2) is 8.47. The third kappa shape index (κ3) is 3.66. The van der Waals surface area contributed by atoms with E-state index in [-0.39, 0.29) is 29.7 Å². The molecule has 4 heteroatoms. The molecule has 0 saturated carbocycles. The smallest absolute Gasteiger partial charge is 0.137 e. The van der Waals surface area contributed by atoms with Crippen LogP contribution in [0.4, 0.5) is 0 Å². The summed E-state index contributed by atoms with van der Waals surface area (Å²) in [5.41, 5.74) is 3.26. The van der Waals surface area contributed by atoms with Crippen LogP contribution in [0.3, 0.4) is 0 Å². The minimum atomic E-state index is -0.415. The van der Waals surface area contributed by atoms with Gasteiger partial charge < -0.3 is 4.74 Å². The summed E-state index contributed by atoms with van der Waals surface area (Å²) in [6.07, 6.45) is 1.58. The normalized spacial score (nSPS) is 13.3. The SMILES string of the molecule is [2H]c1c([2H])c([2H])c(-c2cnc(-n3c4ccccc4c4ccc(Oc5cccc(Br)c5)cc43)cc2C)c([2H])c1[2H]. The molecule has 0 aliphatic rings. The first-order valence-corrected chi connectivity index (χ1v) is 11.5. The van der Waals surface area contributed by atoms with Crippen molar-refractivity contribution in [2.24, 2.45) is 0 Å². The van der Waals surface area contributed by atoms with Gasteiger partial charge >= 0.3 is 0 Å². The molecule has 0 unspecified atom stereocenters. The lowest BCUT2D eigenvalue weighted by Crippen LogP contribution is -1.99. The Labute approximate surface area is 213 Å². The number of aromatic nitrogens is 2. The lowest BCUT2D eigenvalue weighted by molar-refractivity contribution is 0.483. The maximum atomic E-state index is 8.38. The zero-order valence-corrected chi connectivity index (χ0v) is 19.8. The number of nitrogens with zero attached hydrogens (tertiary/aromatic N) is 2. The molecule has 0 spiro atoms. The summed E-state index contributed by atoms with van der Waals surface area (Å²) in [5.74, 6) is 2.04. The molecule has 164 valence electrons. The third-order valence-corrected chi connectivity index (χ3v) is 6.27. The van der Waals surface area contributed by atoms with Crippen LogP contribution in [0.5, 0.6) is 11.5 Å². The lowest BCUT2D eigenvalue weighted by atomic mass is 10.0. The molecule has 6 rings (SSSR count). The molecule has 2 heterocycles. The molecule has 0 bridgehead atoms. The monoisotopic (exact) mass is 509 g/mol. The number of aryl methyl sites for hydroxylation is 1. The van der Waals surface area contributed by atoms with E-state index in [0.29, 0.717) is 22.9 Å². The average molecular weight is 510 g/mol. The van der Waals surface area contributed by atoms with E-state index in [4.69, 9.17) is 16.6 Å². The van der Waals surface area contributed by atoms with Crippen LogP contribution in [0.25, 0.3) is 38.8 Å². The number of hydrogen-bond donors (Lipinski definition) is 0. The molecule has 6 aromatic rings. The van der Waals surface area contributed by atoms with Crippen LogP contribution in [0.15, 0.2) is 114 Å². The Balaban J connectivity index is 1.53. The molecule has 0 aliphatic heterocycles. The number of hydrogen-bond acceptors (Lipinski definition) is 2. The molecule has 0 N–H and O–H groups in total. The average Bonchev–Trinajstić information content (AvgIpc) is 3.25. The van der Waals surface area contributed by atoms with Gasteiger partial charge in [0.2, 0.25) is 0 Å². The highest BCUT2D eigenvalue weighted by Crippen LogP contribution is 2.36. The first-order chi connectivity index (χ1) is 18.7. The van der Waals surface area contributed by atoms with Gasteiger partial charge in [0.25, 0.3) is 0 Å². The first kappa shape index (κ1) is 15.9. The summed E-state index contributed by atoms with van der Waals surface area (Å²) in [4.78, 5) is 4.73. The third-order valence-electron chi connectivity index (χ3n) is 5.77. The van der Waals surface area contributed by atoms with Crippen molar-refractivity contribution in [1.29, 1.82) is 0 Å². The van der Waals surface area contributed by atoms with E-state index < -0.39 is 6.04 Å². The predicted octanol–water partition coefficient (Wildman–Crippen LogP) is 8.71. The van der Waals surface area contributed by atoms with Gasteiger partial charge in [-0.25, -0.2) is 4.98 Å². The predicted molar refractivity (Wildman–Crippen MR) is 143 cm³/mol. The van der Waals surface area contributed by atoms with Gasteiger partial charge in [-0.1, -0.05) is 70.4 Å². The maximum absolute atomic E-state index is 8.38. The first-order valence-electron chi connectivity index (χ1n) is 13.3. The molecule has 4 aromatic carbocycles. The van der Waals surface area contributed by atoms with Crippen molar-refractivity contribution in [3.8, 4) is 28.4 Å². The van der Waals surface area contributed by atoms with E-state index >= 15 is 0 Å². The van der Waals surface area contributed by atoms with Crippen LogP contribution in [-0.4, -0.2) is 9.55 Å². The number of para-hydroxylation sites is 1. The standard InChI is InChI=1S/C30H21BrN2O/c1-20-16-30(32-19-27(20)21-8-3-2-4-9-21)33-28-13-6-5-12-25(28)26-15-14-24(18-29(26)33)34-23-11-7-10-22(31)17-23/h2-19H,1H3/i2D,3D,4D,8D,9D. The minimum Gasteiger partial charge on any atom is -0.457 e. The minimum absolute atomic E-state index is 0.143. The second-order valence-electron chi connectivity index (χ2n) is 7.95. The molecule has 34 heavy (non-hydrogen) atoms. The number of rotatable bonds is 4. The van der Waals surface area contributed by atoms with Crippen LogP contribution in [0.1, 0.15) is 12.4 Å².